The van der Waals surface area contributed by atoms with Gasteiger partial charge in [-0.1, -0.05) is 6.07 Å². The van der Waals surface area contributed by atoms with Gasteiger partial charge in [-0.25, -0.2) is 4.68 Å². The second kappa shape index (κ2) is 7.61. The van der Waals surface area contributed by atoms with Gasteiger partial charge in [-0.15, -0.1) is 0 Å². The standard InChI is InChI=1S/C16H21N3O3/c1-4-22-11-16(20)18-12(2)13-9-17-19(10-13)14-6-5-7-15(8-14)21-3/h5-10,12H,4,11H2,1-3H3,(H,18,20)/t12-/m0/s1. The smallest absolute Gasteiger partial charge is 0.246 e. The molecule has 2 rings (SSSR count). The monoisotopic (exact) mass is 303 g/mol. The minimum Gasteiger partial charge on any atom is -0.497 e. The summed E-state index contributed by atoms with van der Waals surface area (Å²) in [4.78, 5) is 11.7. The van der Waals surface area contributed by atoms with E-state index in [1.807, 2.05) is 44.3 Å². The average molecular weight is 303 g/mol. The van der Waals surface area contributed by atoms with Gasteiger partial charge in [0.05, 0.1) is 25.0 Å². The first kappa shape index (κ1) is 16.0. The van der Waals surface area contributed by atoms with Crippen molar-refractivity contribution in [3.63, 3.8) is 0 Å². The molecule has 1 amide bonds. The van der Waals surface area contributed by atoms with Crippen LogP contribution in [0.3, 0.4) is 0 Å². The van der Waals surface area contributed by atoms with E-state index in [0.29, 0.717) is 6.61 Å². The van der Waals surface area contributed by atoms with Crippen molar-refractivity contribution in [1.82, 2.24) is 15.1 Å². The minimum atomic E-state index is -0.136. The molecule has 0 aliphatic rings. The number of methoxy groups -OCH3 is 1. The van der Waals surface area contributed by atoms with Crippen molar-refractivity contribution in [3.8, 4) is 11.4 Å². The van der Waals surface area contributed by atoms with Crippen molar-refractivity contribution in [2.75, 3.05) is 20.3 Å². The Kier molecular flexibility index (Phi) is 5.55. The first-order valence-electron chi connectivity index (χ1n) is 7.20. The van der Waals surface area contributed by atoms with Gasteiger partial charge in [0.2, 0.25) is 5.91 Å². The molecule has 1 aromatic carbocycles. The maximum atomic E-state index is 11.7. The van der Waals surface area contributed by atoms with Crippen LogP contribution in [-0.2, 0) is 9.53 Å². The number of nitrogens with one attached hydrogen (secondary N) is 1. The quantitative estimate of drug-likeness (QED) is 0.850. The predicted molar refractivity (Wildman–Crippen MR) is 83.2 cm³/mol. The fourth-order valence-electron chi connectivity index (χ4n) is 2.02. The fraction of sp³-hybridized carbons (Fsp3) is 0.375. The zero-order chi connectivity index (χ0) is 15.9. The maximum absolute atomic E-state index is 11.7. The summed E-state index contributed by atoms with van der Waals surface area (Å²) < 4.78 is 12.0. The molecule has 6 nitrogen and oxygen atoms in total. The summed E-state index contributed by atoms with van der Waals surface area (Å²) in [7, 11) is 1.63. The summed E-state index contributed by atoms with van der Waals surface area (Å²) in [6, 6.07) is 7.49. The number of carbonyl (C=O) groups is 1. The van der Waals surface area contributed by atoms with Gasteiger partial charge in [0.1, 0.15) is 12.4 Å². The topological polar surface area (TPSA) is 65.4 Å². The van der Waals surface area contributed by atoms with Gasteiger partial charge in [-0.2, -0.15) is 5.10 Å². The number of ether oxygens (including phenoxy) is 2. The van der Waals surface area contributed by atoms with Crippen molar-refractivity contribution < 1.29 is 14.3 Å². The molecule has 0 unspecified atom stereocenters. The summed E-state index contributed by atoms with van der Waals surface area (Å²) in [5, 5.41) is 7.21. The Hall–Kier alpha value is -2.34. The van der Waals surface area contributed by atoms with Crippen LogP contribution in [0, 0.1) is 0 Å². The molecule has 0 saturated heterocycles. The third-order valence-electron chi connectivity index (χ3n) is 3.24. The lowest BCUT2D eigenvalue weighted by Crippen LogP contribution is -2.30. The van der Waals surface area contributed by atoms with Crippen LogP contribution in [0.1, 0.15) is 25.5 Å². The van der Waals surface area contributed by atoms with Crippen LogP contribution in [0.5, 0.6) is 5.75 Å². The van der Waals surface area contributed by atoms with Gasteiger partial charge in [0.25, 0.3) is 0 Å². The highest BCUT2D eigenvalue weighted by atomic mass is 16.5. The summed E-state index contributed by atoms with van der Waals surface area (Å²) in [6.45, 7) is 4.37. The molecule has 2 aromatic rings. The number of carbonyl (C=O) groups excluding carboxylic acids is 1. The molecule has 0 aliphatic carbocycles. The SMILES string of the molecule is CCOCC(=O)N[C@@H](C)c1cnn(-c2cccc(OC)c2)c1. The van der Waals surface area contributed by atoms with Crippen molar-refractivity contribution in [1.29, 1.82) is 0 Å². The normalized spacial score (nSPS) is 12.0. The molecule has 0 saturated carbocycles. The van der Waals surface area contributed by atoms with Crippen molar-refractivity contribution in [2.45, 2.75) is 19.9 Å². The van der Waals surface area contributed by atoms with Gasteiger partial charge in [0, 0.05) is 24.4 Å². The van der Waals surface area contributed by atoms with Crippen LogP contribution in [0.15, 0.2) is 36.7 Å². The van der Waals surface area contributed by atoms with E-state index in [-0.39, 0.29) is 18.6 Å². The fourth-order valence-corrected chi connectivity index (χ4v) is 2.02. The molecule has 0 spiro atoms. The summed E-state index contributed by atoms with van der Waals surface area (Å²) in [5.41, 5.74) is 1.83. The second-order valence-corrected chi connectivity index (χ2v) is 4.85. The molecule has 1 heterocycles. The molecule has 1 atom stereocenters. The van der Waals surface area contributed by atoms with Crippen LogP contribution >= 0.6 is 0 Å². The van der Waals surface area contributed by atoms with E-state index >= 15 is 0 Å². The van der Waals surface area contributed by atoms with Crippen molar-refractivity contribution >= 4 is 5.91 Å². The Labute approximate surface area is 130 Å². The number of nitrogens with zero attached hydrogens (tertiary/aromatic N) is 2. The lowest BCUT2D eigenvalue weighted by molar-refractivity contribution is -0.126. The van der Waals surface area contributed by atoms with E-state index in [4.69, 9.17) is 9.47 Å². The highest BCUT2D eigenvalue weighted by Gasteiger charge is 2.12. The highest BCUT2D eigenvalue weighted by Crippen LogP contribution is 2.18. The zero-order valence-corrected chi connectivity index (χ0v) is 13.1. The van der Waals surface area contributed by atoms with E-state index in [0.717, 1.165) is 17.0 Å². The van der Waals surface area contributed by atoms with E-state index in [1.165, 1.54) is 0 Å². The number of hydrogen-bond donors (Lipinski definition) is 1. The average Bonchev–Trinajstić information content (AvgIpc) is 3.03. The first-order chi connectivity index (χ1) is 10.6. The van der Waals surface area contributed by atoms with E-state index < -0.39 is 0 Å². The Morgan fingerprint density at radius 1 is 1.45 bits per heavy atom. The van der Waals surface area contributed by atoms with E-state index in [9.17, 15) is 4.79 Å². The summed E-state index contributed by atoms with van der Waals surface area (Å²) in [5.74, 6) is 0.635. The van der Waals surface area contributed by atoms with E-state index in [2.05, 4.69) is 10.4 Å². The lowest BCUT2D eigenvalue weighted by atomic mass is 10.2. The maximum Gasteiger partial charge on any atom is 0.246 e. The third kappa shape index (κ3) is 4.08. The molecule has 6 heteroatoms. The number of hydrogen-bond acceptors (Lipinski definition) is 4. The Bertz CT molecular complexity index is 625. The van der Waals surface area contributed by atoms with Gasteiger partial charge in [0.15, 0.2) is 0 Å². The number of amides is 1. The van der Waals surface area contributed by atoms with Gasteiger partial charge in [-0.05, 0) is 26.0 Å². The van der Waals surface area contributed by atoms with Crippen LogP contribution in [0.25, 0.3) is 5.69 Å². The highest BCUT2D eigenvalue weighted by molar-refractivity contribution is 5.77. The minimum absolute atomic E-state index is 0.0743. The number of rotatable bonds is 7. The van der Waals surface area contributed by atoms with Crippen LogP contribution in [0.2, 0.25) is 0 Å². The third-order valence-corrected chi connectivity index (χ3v) is 3.24. The molecular formula is C16H21N3O3. The Balaban J connectivity index is 2.05. The van der Waals surface area contributed by atoms with Crippen molar-refractivity contribution in [2.24, 2.45) is 0 Å². The molecular weight excluding hydrogens is 282 g/mol. The largest absolute Gasteiger partial charge is 0.497 e. The van der Waals surface area contributed by atoms with Crippen molar-refractivity contribution in [3.05, 3.63) is 42.2 Å². The lowest BCUT2D eigenvalue weighted by Gasteiger charge is -2.11. The van der Waals surface area contributed by atoms with Crippen LogP contribution in [-0.4, -0.2) is 36.0 Å². The molecule has 1 N–H and O–H groups in total. The number of aromatic nitrogens is 2. The molecule has 0 aliphatic heterocycles. The second-order valence-electron chi connectivity index (χ2n) is 4.85. The molecule has 118 valence electrons. The molecule has 0 bridgehead atoms. The number of benzene rings is 1. The van der Waals surface area contributed by atoms with E-state index in [1.54, 1.807) is 18.0 Å². The molecule has 22 heavy (non-hydrogen) atoms. The Morgan fingerprint density at radius 2 is 2.27 bits per heavy atom. The van der Waals surface area contributed by atoms with Gasteiger partial charge < -0.3 is 14.8 Å². The Morgan fingerprint density at radius 3 is 3.00 bits per heavy atom. The summed E-state index contributed by atoms with van der Waals surface area (Å²) in [6.07, 6.45) is 3.63. The molecule has 0 fully saturated rings. The summed E-state index contributed by atoms with van der Waals surface area (Å²) >= 11 is 0. The van der Waals surface area contributed by atoms with Gasteiger partial charge in [-0.3, -0.25) is 4.79 Å². The van der Waals surface area contributed by atoms with Crippen LogP contribution in [0.4, 0.5) is 0 Å². The molecule has 0 radical (unpaired) electrons. The van der Waals surface area contributed by atoms with Crippen LogP contribution < -0.4 is 10.1 Å². The first-order valence-corrected chi connectivity index (χ1v) is 7.20. The predicted octanol–water partition coefficient (Wildman–Crippen LogP) is 2.09. The zero-order valence-electron chi connectivity index (χ0n) is 13.1. The molecule has 1 aromatic heterocycles. The van der Waals surface area contributed by atoms with Gasteiger partial charge >= 0.3 is 0 Å².